The van der Waals surface area contributed by atoms with E-state index >= 15 is 0 Å². The summed E-state index contributed by atoms with van der Waals surface area (Å²) in [4.78, 5) is 8.55. The smallest absolute Gasteiger partial charge is 0.243 e. The van der Waals surface area contributed by atoms with Gasteiger partial charge in [-0.05, 0) is 36.6 Å². The van der Waals surface area contributed by atoms with Gasteiger partial charge in [0.25, 0.3) is 0 Å². The molecule has 110 valence electrons. The fraction of sp³-hybridized carbons (Fsp3) is 0.286. The Kier molecular flexibility index (Phi) is 2.98. The molecular formula is C14H12ClN7. The first kappa shape index (κ1) is 13.1. The van der Waals surface area contributed by atoms with Crippen LogP contribution in [0.4, 0.5) is 11.6 Å². The Labute approximate surface area is 131 Å². The molecule has 22 heavy (non-hydrogen) atoms. The number of aromatic nitrogens is 5. The molecule has 0 radical (unpaired) electrons. The van der Waals surface area contributed by atoms with Crippen LogP contribution in [0.2, 0.25) is 5.28 Å². The maximum atomic E-state index is 8.84. The van der Waals surface area contributed by atoms with Crippen LogP contribution in [0.1, 0.15) is 18.9 Å². The number of anilines is 2. The Morgan fingerprint density at radius 2 is 2.27 bits per heavy atom. The van der Waals surface area contributed by atoms with Crippen LogP contribution in [0.3, 0.4) is 0 Å². The third kappa shape index (κ3) is 2.18. The van der Waals surface area contributed by atoms with Gasteiger partial charge in [0.1, 0.15) is 11.3 Å². The first-order valence-corrected chi connectivity index (χ1v) is 7.32. The summed E-state index contributed by atoms with van der Waals surface area (Å²) in [6.07, 6.45) is 7.28. The minimum Gasteiger partial charge on any atom is -0.332 e. The first-order valence-electron chi connectivity index (χ1n) is 6.94. The molecule has 0 atom stereocenters. The van der Waals surface area contributed by atoms with Crippen LogP contribution in [0.5, 0.6) is 0 Å². The molecule has 3 aromatic heterocycles. The van der Waals surface area contributed by atoms with Crippen molar-refractivity contribution in [3.05, 3.63) is 36.1 Å². The van der Waals surface area contributed by atoms with Gasteiger partial charge in [0.2, 0.25) is 5.28 Å². The van der Waals surface area contributed by atoms with Gasteiger partial charge >= 0.3 is 0 Å². The standard InChI is InChI=1S/C14H12ClN7/c15-14-19-13(11-2-1-3-22(11)20-14)18-12-7-21(8-17-12)10-4-9(5-10)6-16/h1-3,7-10H,4-5H2,(H,18,19,20). The van der Waals surface area contributed by atoms with E-state index in [9.17, 15) is 0 Å². The van der Waals surface area contributed by atoms with Gasteiger partial charge in [-0.3, -0.25) is 0 Å². The van der Waals surface area contributed by atoms with Crippen molar-refractivity contribution in [2.75, 3.05) is 5.32 Å². The summed E-state index contributed by atoms with van der Waals surface area (Å²) in [5.74, 6) is 1.47. The average molecular weight is 314 g/mol. The molecule has 1 fully saturated rings. The quantitative estimate of drug-likeness (QED) is 0.803. The number of hydrogen-bond acceptors (Lipinski definition) is 5. The molecule has 1 saturated carbocycles. The van der Waals surface area contributed by atoms with Crippen molar-refractivity contribution in [1.82, 2.24) is 24.1 Å². The van der Waals surface area contributed by atoms with E-state index in [1.54, 1.807) is 10.8 Å². The largest absolute Gasteiger partial charge is 0.332 e. The molecule has 1 N–H and O–H groups in total. The monoisotopic (exact) mass is 313 g/mol. The van der Waals surface area contributed by atoms with E-state index in [0.717, 1.165) is 18.4 Å². The zero-order valence-electron chi connectivity index (χ0n) is 11.5. The molecular weight excluding hydrogens is 302 g/mol. The lowest BCUT2D eigenvalue weighted by Gasteiger charge is -2.31. The molecule has 0 saturated heterocycles. The molecule has 0 aromatic carbocycles. The number of imidazole rings is 1. The molecule has 1 aliphatic carbocycles. The summed E-state index contributed by atoms with van der Waals surface area (Å²) < 4.78 is 3.70. The predicted molar refractivity (Wildman–Crippen MR) is 80.9 cm³/mol. The second kappa shape index (κ2) is 5.00. The number of nitrogens with zero attached hydrogens (tertiary/aromatic N) is 6. The molecule has 8 heteroatoms. The first-order chi connectivity index (χ1) is 10.7. The van der Waals surface area contributed by atoms with Crippen molar-refractivity contribution in [2.24, 2.45) is 5.92 Å². The van der Waals surface area contributed by atoms with E-state index < -0.39 is 0 Å². The van der Waals surface area contributed by atoms with Crippen molar-refractivity contribution in [2.45, 2.75) is 18.9 Å². The van der Waals surface area contributed by atoms with E-state index in [0.29, 0.717) is 17.7 Å². The highest BCUT2D eigenvalue weighted by Gasteiger charge is 2.30. The second-order valence-electron chi connectivity index (χ2n) is 5.35. The maximum Gasteiger partial charge on any atom is 0.243 e. The Morgan fingerprint density at radius 3 is 3.09 bits per heavy atom. The van der Waals surface area contributed by atoms with Gasteiger partial charge in [0.05, 0.1) is 18.3 Å². The van der Waals surface area contributed by atoms with Crippen LogP contribution >= 0.6 is 11.6 Å². The van der Waals surface area contributed by atoms with Gasteiger partial charge in [0.15, 0.2) is 5.82 Å². The third-order valence-corrected chi connectivity index (χ3v) is 4.09. The normalized spacial score (nSPS) is 20.5. The van der Waals surface area contributed by atoms with Gasteiger partial charge in [-0.15, -0.1) is 5.10 Å². The van der Waals surface area contributed by atoms with Crippen LogP contribution in [0, 0.1) is 17.2 Å². The van der Waals surface area contributed by atoms with Crippen molar-refractivity contribution < 1.29 is 0 Å². The van der Waals surface area contributed by atoms with E-state index in [2.05, 4.69) is 26.5 Å². The van der Waals surface area contributed by atoms with Gasteiger partial charge in [-0.25, -0.2) is 9.50 Å². The maximum absolute atomic E-state index is 8.84. The summed E-state index contributed by atoms with van der Waals surface area (Å²) in [5, 5.41) is 16.3. The van der Waals surface area contributed by atoms with Crippen LogP contribution in [0.25, 0.3) is 5.52 Å². The van der Waals surface area contributed by atoms with E-state index in [1.165, 1.54) is 0 Å². The molecule has 0 amide bonds. The number of fused-ring (bicyclic) bond motifs is 1. The van der Waals surface area contributed by atoms with Crippen molar-refractivity contribution in [3.63, 3.8) is 0 Å². The summed E-state index contributed by atoms with van der Waals surface area (Å²) >= 11 is 5.93. The Morgan fingerprint density at radius 1 is 1.41 bits per heavy atom. The van der Waals surface area contributed by atoms with E-state index in [-0.39, 0.29) is 11.2 Å². The molecule has 3 heterocycles. The average Bonchev–Trinajstić information content (AvgIpc) is 3.07. The molecule has 4 rings (SSSR count). The van der Waals surface area contributed by atoms with Crippen molar-refractivity contribution >= 4 is 28.8 Å². The van der Waals surface area contributed by atoms with Crippen LogP contribution in [-0.2, 0) is 0 Å². The molecule has 7 nitrogen and oxygen atoms in total. The Hall–Kier alpha value is -2.59. The van der Waals surface area contributed by atoms with Gasteiger partial charge in [-0.2, -0.15) is 10.2 Å². The number of halogens is 1. The predicted octanol–water partition coefficient (Wildman–Crippen LogP) is 2.80. The zero-order chi connectivity index (χ0) is 15.1. The summed E-state index contributed by atoms with van der Waals surface area (Å²) in [7, 11) is 0. The lowest BCUT2D eigenvalue weighted by molar-refractivity contribution is 0.248. The molecule has 0 unspecified atom stereocenters. The van der Waals surface area contributed by atoms with Gasteiger partial charge in [-0.1, -0.05) is 0 Å². The number of rotatable bonds is 3. The summed E-state index contributed by atoms with van der Waals surface area (Å²) in [6, 6.07) is 6.42. The minimum atomic E-state index is 0.168. The minimum absolute atomic E-state index is 0.168. The topological polar surface area (TPSA) is 83.8 Å². The highest BCUT2D eigenvalue weighted by atomic mass is 35.5. The Bertz CT molecular complexity index is 869. The number of nitriles is 1. The van der Waals surface area contributed by atoms with Crippen LogP contribution < -0.4 is 5.32 Å². The third-order valence-electron chi connectivity index (χ3n) is 3.93. The number of nitrogens with one attached hydrogen (secondary N) is 1. The van der Waals surface area contributed by atoms with Crippen molar-refractivity contribution in [3.8, 4) is 6.07 Å². The van der Waals surface area contributed by atoms with Gasteiger partial charge < -0.3 is 9.88 Å². The van der Waals surface area contributed by atoms with E-state index in [4.69, 9.17) is 16.9 Å². The fourth-order valence-corrected chi connectivity index (χ4v) is 2.82. The summed E-state index contributed by atoms with van der Waals surface area (Å²) in [5.41, 5.74) is 0.826. The van der Waals surface area contributed by atoms with Crippen LogP contribution in [-0.4, -0.2) is 24.1 Å². The number of hydrogen-bond donors (Lipinski definition) is 1. The lowest BCUT2D eigenvalue weighted by atomic mass is 9.81. The highest BCUT2D eigenvalue weighted by molar-refractivity contribution is 6.28. The second-order valence-corrected chi connectivity index (χ2v) is 5.69. The SMILES string of the molecule is N#CC1CC(n2cnc(Nc3nc(Cl)nn4cccc34)c2)C1. The molecule has 1 aliphatic rings. The van der Waals surface area contributed by atoms with Crippen LogP contribution in [0.15, 0.2) is 30.9 Å². The molecule has 0 spiro atoms. The zero-order valence-corrected chi connectivity index (χ0v) is 12.3. The molecule has 0 bridgehead atoms. The fourth-order valence-electron chi connectivity index (χ4n) is 2.66. The van der Waals surface area contributed by atoms with E-state index in [1.807, 2.05) is 29.1 Å². The molecule has 0 aliphatic heterocycles. The van der Waals surface area contributed by atoms with Crippen molar-refractivity contribution in [1.29, 1.82) is 5.26 Å². The summed E-state index contributed by atoms with van der Waals surface area (Å²) in [6.45, 7) is 0. The lowest BCUT2D eigenvalue weighted by Crippen LogP contribution is -2.24. The Balaban J connectivity index is 1.57. The highest BCUT2D eigenvalue weighted by Crippen LogP contribution is 2.37. The molecule has 3 aromatic rings. The van der Waals surface area contributed by atoms with Gasteiger partial charge in [0, 0.05) is 18.4 Å².